The first kappa shape index (κ1) is 33.9. The Morgan fingerprint density at radius 1 is 0.448 bits per heavy atom. The number of hydrogen-bond acceptors (Lipinski definition) is 3. The molecule has 0 N–H and O–H groups in total. The highest BCUT2D eigenvalue weighted by Crippen LogP contribution is 2.60. The highest BCUT2D eigenvalue weighted by Gasteiger charge is 2.46. The van der Waals surface area contributed by atoms with Gasteiger partial charge >= 0.3 is 0 Å². The summed E-state index contributed by atoms with van der Waals surface area (Å²) in [5, 5.41) is 1.18. The van der Waals surface area contributed by atoms with Gasteiger partial charge in [-0.05, 0) is 110 Å². The van der Waals surface area contributed by atoms with Gasteiger partial charge in [-0.15, -0.1) is 11.3 Å². The van der Waals surface area contributed by atoms with Gasteiger partial charge in [0.15, 0.2) is 5.82 Å². The van der Waals surface area contributed by atoms with Crippen LogP contribution in [0.15, 0.2) is 158 Å². The minimum atomic E-state index is -0.0214. The van der Waals surface area contributed by atoms with Crippen LogP contribution in [-0.2, 0) is 10.8 Å². The Bertz CT molecular complexity index is 3110. The van der Waals surface area contributed by atoms with E-state index in [0.29, 0.717) is 0 Å². The molecule has 2 aromatic heterocycles. The molecule has 1 fully saturated rings. The zero-order valence-electron chi connectivity index (χ0n) is 32.8. The minimum absolute atomic E-state index is 0.0214. The number of rotatable bonds is 4. The molecule has 0 aliphatic heterocycles. The highest BCUT2D eigenvalue weighted by atomic mass is 32.1. The van der Waals surface area contributed by atoms with Crippen LogP contribution in [0.3, 0.4) is 0 Å². The summed E-state index contributed by atoms with van der Waals surface area (Å²) in [5.41, 5.74) is 20.9. The summed E-state index contributed by atoms with van der Waals surface area (Å²) in [7, 11) is 0. The molecule has 3 heteroatoms. The number of nitrogens with zero attached hydrogens (tertiary/aromatic N) is 2. The van der Waals surface area contributed by atoms with E-state index in [0.717, 1.165) is 32.9 Å². The monoisotopic (exact) mass is 762 g/mol. The maximum atomic E-state index is 5.21. The number of hydrogen-bond donors (Lipinski definition) is 0. The van der Waals surface area contributed by atoms with Crippen LogP contribution in [0.1, 0.15) is 68.2 Å². The smallest absolute Gasteiger partial charge is 0.160 e. The molecule has 12 rings (SSSR count). The van der Waals surface area contributed by atoms with E-state index >= 15 is 0 Å². The zero-order valence-corrected chi connectivity index (χ0v) is 33.7. The van der Waals surface area contributed by atoms with Crippen LogP contribution in [0.2, 0.25) is 0 Å². The van der Waals surface area contributed by atoms with Crippen molar-refractivity contribution >= 4 is 31.6 Å². The van der Waals surface area contributed by atoms with E-state index in [4.69, 9.17) is 9.97 Å². The summed E-state index contributed by atoms with van der Waals surface area (Å²) in [5.74, 6) is 0.757. The van der Waals surface area contributed by atoms with Gasteiger partial charge in [0.2, 0.25) is 0 Å². The Morgan fingerprint density at radius 2 is 1.09 bits per heavy atom. The number of thiophene rings is 1. The molecule has 0 unspecified atom stereocenters. The second kappa shape index (κ2) is 12.7. The lowest BCUT2D eigenvalue weighted by Crippen LogP contribution is -2.28. The van der Waals surface area contributed by atoms with Crippen molar-refractivity contribution in [3.05, 3.63) is 180 Å². The predicted molar refractivity (Wildman–Crippen MR) is 244 cm³/mol. The fourth-order valence-corrected chi connectivity index (χ4v) is 11.9. The standard InChI is InChI=1S/C55H42N2S/c1-54(2)45-20-9-7-18-40(45)43-33-48-44(32-47(43)54)42-31-39(26-27-46(42)55(48)28-11-4-12-29-55)38-17-13-16-37(30-38)34-22-24-35(25-23-34)50-52-51(41-19-8-10-21-49(41)58-52)57-53(56-50)36-14-5-3-6-15-36/h3,5-10,13-27,30-33H,4,11-12,28-29H2,1-2H3. The van der Waals surface area contributed by atoms with Crippen molar-refractivity contribution in [3.63, 3.8) is 0 Å². The first-order valence-corrected chi connectivity index (χ1v) is 21.7. The third-order valence-corrected chi connectivity index (χ3v) is 14.9. The summed E-state index contributed by atoms with van der Waals surface area (Å²) in [6, 6.07) is 58.6. The maximum absolute atomic E-state index is 5.21. The Kier molecular flexibility index (Phi) is 7.41. The topological polar surface area (TPSA) is 25.8 Å². The van der Waals surface area contributed by atoms with Gasteiger partial charge in [-0.3, -0.25) is 0 Å². The van der Waals surface area contributed by atoms with E-state index in [1.54, 1.807) is 22.5 Å². The average molecular weight is 763 g/mol. The molecule has 0 radical (unpaired) electrons. The van der Waals surface area contributed by atoms with Crippen LogP contribution in [0.5, 0.6) is 0 Å². The van der Waals surface area contributed by atoms with Crippen molar-refractivity contribution < 1.29 is 0 Å². The summed E-state index contributed by atoms with van der Waals surface area (Å²) in [6.07, 6.45) is 6.39. The van der Waals surface area contributed by atoms with Crippen molar-refractivity contribution in [1.29, 1.82) is 0 Å². The molecule has 0 bridgehead atoms. The molecular weight excluding hydrogens is 721 g/mol. The predicted octanol–water partition coefficient (Wildman–Crippen LogP) is 15.0. The summed E-state index contributed by atoms with van der Waals surface area (Å²) in [6.45, 7) is 4.82. The van der Waals surface area contributed by atoms with Gasteiger partial charge in [0.05, 0.1) is 15.9 Å². The van der Waals surface area contributed by atoms with Gasteiger partial charge < -0.3 is 0 Å². The Morgan fingerprint density at radius 3 is 1.93 bits per heavy atom. The Labute approximate surface area is 343 Å². The molecule has 0 saturated heterocycles. The summed E-state index contributed by atoms with van der Waals surface area (Å²) in [4.78, 5) is 10.3. The van der Waals surface area contributed by atoms with Crippen molar-refractivity contribution in [3.8, 4) is 67.2 Å². The second-order valence-corrected chi connectivity index (χ2v) is 18.3. The molecule has 58 heavy (non-hydrogen) atoms. The first-order chi connectivity index (χ1) is 28.5. The quantitative estimate of drug-likeness (QED) is 0.178. The van der Waals surface area contributed by atoms with Crippen LogP contribution in [-0.4, -0.2) is 9.97 Å². The normalized spacial score (nSPS) is 15.7. The van der Waals surface area contributed by atoms with E-state index in [9.17, 15) is 0 Å². The van der Waals surface area contributed by atoms with Crippen molar-refractivity contribution in [2.75, 3.05) is 0 Å². The van der Waals surface area contributed by atoms with E-state index in [-0.39, 0.29) is 10.8 Å². The minimum Gasteiger partial charge on any atom is -0.226 e. The third kappa shape index (κ3) is 4.96. The molecule has 3 aliphatic rings. The van der Waals surface area contributed by atoms with Gasteiger partial charge in [-0.2, -0.15) is 0 Å². The molecule has 2 heterocycles. The fraction of sp³-hybridized carbons (Fsp3) is 0.164. The van der Waals surface area contributed by atoms with Crippen LogP contribution >= 0.6 is 11.3 Å². The molecule has 1 saturated carbocycles. The molecule has 278 valence electrons. The molecule has 2 nitrogen and oxygen atoms in total. The molecule has 9 aromatic rings. The third-order valence-electron chi connectivity index (χ3n) is 13.7. The maximum Gasteiger partial charge on any atom is 0.160 e. The van der Waals surface area contributed by atoms with E-state index in [1.807, 2.05) is 6.07 Å². The molecular formula is C55H42N2S. The Hall–Kier alpha value is -6.16. The number of aromatic nitrogens is 2. The zero-order chi connectivity index (χ0) is 38.6. The van der Waals surface area contributed by atoms with Gasteiger partial charge in [0.1, 0.15) is 0 Å². The lowest BCUT2D eigenvalue weighted by molar-refractivity contribution is 0.353. The second-order valence-electron chi connectivity index (χ2n) is 17.2. The molecule has 1 spiro atoms. The lowest BCUT2D eigenvalue weighted by atomic mass is 9.67. The largest absolute Gasteiger partial charge is 0.226 e. The Balaban J connectivity index is 0.932. The fourth-order valence-electron chi connectivity index (χ4n) is 10.8. The number of benzene rings is 7. The van der Waals surface area contributed by atoms with Crippen LogP contribution < -0.4 is 0 Å². The molecule has 3 aliphatic carbocycles. The van der Waals surface area contributed by atoms with Crippen molar-refractivity contribution in [2.24, 2.45) is 0 Å². The molecule has 0 amide bonds. The van der Waals surface area contributed by atoms with Crippen LogP contribution in [0, 0.1) is 0 Å². The summed E-state index contributed by atoms with van der Waals surface area (Å²) >= 11 is 1.78. The number of fused-ring (bicyclic) bond motifs is 11. The molecule has 0 atom stereocenters. The van der Waals surface area contributed by atoms with Gasteiger partial charge in [-0.1, -0.05) is 161 Å². The first-order valence-electron chi connectivity index (χ1n) is 20.9. The lowest BCUT2D eigenvalue weighted by Gasteiger charge is -2.36. The van der Waals surface area contributed by atoms with Crippen LogP contribution in [0.25, 0.3) is 87.5 Å². The van der Waals surface area contributed by atoms with Crippen molar-refractivity contribution in [2.45, 2.75) is 56.8 Å². The SMILES string of the molecule is CC1(C)c2ccccc2-c2cc3c(cc21)-c1cc(-c2cccc(-c4ccc(-c5nc(-c6ccccc6)nc6c5sc5ccccc56)cc4)c2)ccc1C31CCCCC1. The van der Waals surface area contributed by atoms with E-state index < -0.39 is 0 Å². The molecule has 7 aromatic carbocycles. The van der Waals surface area contributed by atoms with Gasteiger partial charge in [-0.25, -0.2) is 9.97 Å². The van der Waals surface area contributed by atoms with Crippen molar-refractivity contribution in [1.82, 2.24) is 9.97 Å². The van der Waals surface area contributed by atoms with E-state index in [2.05, 4.69) is 166 Å². The van der Waals surface area contributed by atoms with Gasteiger partial charge in [0.25, 0.3) is 0 Å². The summed E-state index contributed by atoms with van der Waals surface area (Å²) < 4.78 is 2.36. The average Bonchev–Trinajstić information content (AvgIpc) is 3.86. The van der Waals surface area contributed by atoms with Crippen LogP contribution in [0.4, 0.5) is 0 Å². The van der Waals surface area contributed by atoms with Gasteiger partial charge in [0, 0.05) is 32.0 Å². The van der Waals surface area contributed by atoms with E-state index in [1.165, 1.54) is 97.8 Å². The highest BCUT2D eigenvalue weighted by molar-refractivity contribution is 7.26.